The molecular weight excluding hydrogens is 405 g/mol. The van der Waals surface area contributed by atoms with Gasteiger partial charge in [0.15, 0.2) is 5.13 Å². The standard InChI is InChI=1S/C18H22FN3O2S3/c1-18(7-9-22(10-8-18)27(2,24)25)16(23)21-17-20-12-14(26-17)11-13-5-3-4-6-15(13)19/h3-6,12H,7-11H2,1-2H3,(H,20,21,23). The molecule has 27 heavy (non-hydrogen) atoms. The largest absolute Gasteiger partial charge is 0.301 e. The summed E-state index contributed by atoms with van der Waals surface area (Å²) in [5.74, 6) is -0.342. The van der Waals surface area contributed by atoms with Gasteiger partial charge in [0.05, 0.1) is 8.68 Å². The normalized spacial score (nSPS) is 19.4. The highest BCUT2D eigenvalue weighted by molar-refractivity contribution is 8.31. The maximum absolute atomic E-state index is 13.8. The molecule has 0 saturated carbocycles. The second kappa shape index (κ2) is 7.90. The monoisotopic (exact) mass is 427 g/mol. The van der Waals surface area contributed by atoms with Gasteiger partial charge in [-0.3, -0.25) is 4.79 Å². The second-order valence-electron chi connectivity index (χ2n) is 7.08. The predicted molar refractivity (Wildman–Crippen MR) is 110 cm³/mol. The zero-order valence-corrected chi connectivity index (χ0v) is 17.7. The Morgan fingerprint density at radius 1 is 1.41 bits per heavy atom. The highest BCUT2D eigenvalue weighted by Gasteiger charge is 2.38. The van der Waals surface area contributed by atoms with E-state index in [1.165, 1.54) is 17.4 Å². The van der Waals surface area contributed by atoms with Crippen molar-refractivity contribution in [3.63, 3.8) is 0 Å². The minimum absolute atomic E-state index is 0.0964. The summed E-state index contributed by atoms with van der Waals surface area (Å²) in [6.45, 7) is 2.99. The molecule has 2 heterocycles. The van der Waals surface area contributed by atoms with E-state index in [4.69, 9.17) is 11.2 Å². The molecule has 1 saturated heterocycles. The van der Waals surface area contributed by atoms with Crippen LogP contribution in [0.25, 0.3) is 0 Å². The third-order valence-electron chi connectivity index (χ3n) is 4.94. The molecule has 9 heteroatoms. The smallest absolute Gasteiger partial charge is 0.232 e. The summed E-state index contributed by atoms with van der Waals surface area (Å²) in [5.41, 5.74) is 0.0545. The van der Waals surface area contributed by atoms with E-state index in [0.717, 1.165) is 4.88 Å². The number of thiazole rings is 1. The number of halogens is 1. The van der Waals surface area contributed by atoms with Crippen LogP contribution in [0.2, 0.25) is 0 Å². The van der Waals surface area contributed by atoms with Crippen molar-refractivity contribution < 1.29 is 13.4 Å². The highest BCUT2D eigenvalue weighted by atomic mass is 32.8. The van der Waals surface area contributed by atoms with Crippen LogP contribution < -0.4 is 5.32 Å². The molecule has 1 aromatic heterocycles. The lowest BCUT2D eigenvalue weighted by molar-refractivity contribution is -0.126. The van der Waals surface area contributed by atoms with E-state index in [2.05, 4.69) is 10.3 Å². The van der Waals surface area contributed by atoms with Gasteiger partial charge in [-0.15, -0.1) is 11.3 Å². The molecule has 1 atom stereocenters. The topological polar surface area (TPSA) is 62.3 Å². The lowest BCUT2D eigenvalue weighted by Crippen LogP contribution is -2.46. The molecule has 0 spiro atoms. The van der Waals surface area contributed by atoms with Crippen molar-refractivity contribution in [1.82, 2.24) is 9.29 Å². The average molecular weight is 428 g/mol. The molecule has 1 N–H and O–H groups in total. The third kappa shape index (κ3) is 4.90. The summed E-state index contributed by atoms with van der Waals surface area (Å²) in [7, 11) is -2.40. The number of nitrogens with zero attached hydrogens (tertiary/aromatic N) is 2. The first kappa shape index (κ1) is 20.3. The fraction of sp³-hybridized carbons (Fsp3) is 0.444. The number of anilines is 1. The Morgan fingerprint density at radius 2 is 2.07 bits per heavy atom. The Labute approximate surface area is 167 Å². The number of benzene rings is 1. The van der Waals surface area contributed by atoms with Gasteiger partial charge < -0.3 is 5.32 Å². The number of amides is 1. The number of nitrogens with one attached hydrogen (secondary N) is 1. The van der Waals surface area contributed by atoms with Crippen molar-refractivity contribution in [3.8, 4) is 0 Å². The van der Waals surface area contributed by atoms with Crippen LogP contribution in [-0.2, 0) is 31.1 Å². The van der Waals surface area contributed by atoms with Gasteiger partial charge in [0, 0.05) is 42.3 Å². The molecule has 0 bridgehead atoms. The van der Waals surface area contributed by atoms with Crippen LogP contribution >= 0.6 is 11.3 Å². The van der Waals surface area contributed by atoms with E-state index in [-0.39, 0.29) is 11.7 Å². The van der Waals surface area contributed by atoms with Crippen LogP contribution in [0.3, 0.4) is 0 Å². The minimum atomic E-state index is -2.40. The number of hydrogen-bond acceptors (Lipinski definition) is 5. The Kier molecular flexibility index (Phi) is 5.95. The Balaban J connectivity index is 1.62. The van der Waals surface area contributed by atoms with Crippen LogP contribution in [0.5, 0.6) is 0 Å². The van der Waals surface area contributed by atoms with Gasteiger partial charge in [0.2, 0.25) is 5.91 Å². The number of piperidine rings is 1. The second-order valence-corrected chi connectivity index (χ2v) is 12.0. The molecule has 3 rings (SSSR count). The van der Waals surface area contributed by atoms with Gasteiger partial charge in [-0.05, 0) is 35.7 Å². The number of aromatic nitrogens is 1. The van der Waals surface area contributed by atoms with Gasteiger partial charge >= 0.3 is 0 Å². The molecule has 0 radical (unpaired) electrons. The number of carbonyl (C=O) groups is 1. The maximum Gasteiger partial charge on any atom is 0.232 e. The van der Waals surface area contributed by atoms with Crippen LogP contribution in [0, 0.1) is 11.2 Å². The van der Waals surface area contributed by atoms with Crippen LogP contribution in [0.1, 0.15) is 30.2 Å². The molecule has 146 valence electrons. The van der Waals surface area contributed by atoms with Crippen molar-refractivity contribution in [1.29, 1.82) is 0 Å². The van der Waals surface area contributed by atoms with E-state index in [1.54, 1.807) is 35.0 Å². The predicted octanol–water partition coefficient (Wildman–Crippen LogP) is 3.20. The minimum Gasteiger partial charge on any atom is -0.301 e. The van der Waals surface area contributed by atoms with Gasteiger partial charge in [-0.25, -0.2) is 17.9 Å². The summed E-state index contributed by atoms with van der Waals surface area (Å²) in [4.78, 5) is 17.9. The molecule has 1 unspecified atom stereocenters. The summed E-state index contributed by atoms with van der Waals surface area (Å²) in [6.07, 6.45) is 4.84. The van der Waals surface area contributed by atoms with Crippen molar-refractivity contribution in [2.75, 3.05) is 24.7 Å². The van der Waals surface area contributed by atoms with Crippen LogP contribution in [0.15, 0.2) is 30.5 Å². The van der Waals surface area contributed by atoms with Crippen LogP contribution in [0.4, 0.5) is 9.52 Å². The van der Waals surface area contributed by atoms with E-state index >= 15 is 0 Å². The number of carbonyl (C=O) groups excluding carboxylic acids is 1. The SMILES string of the molecule is CC1(C(=O)Nc2ncc(Cc3ccccc3F)s2)CCN(S(C)(=O)=S)CC1. The highest BCUT2D eigenvalue weighted by Crippen LogP contribution is 2.34. The Bertz CT molecular complexity index is 935. The molecule has 1 aliphatic heterocycles. The van der Waals surface area contributed by atoms with Gasteiger partial charge in [-0.1, -0.05) is 25.1 Å². The third-order valence-corrected chi connectivity index (χ3v) is 7.79. The quantitative estimate of drug-likeness (QED) is 0.796. The molecule has 1 amide bonds. The lowest BCUT2D eigenvalue weighted by atomic mass is 9.80. The average Bonchev–Trinajstić information content (AvgIpc) is 3.03. The van der Waals surface area contributed by atoms with Gasteiger partial charge in [0.1, 0.15) is 5.82 Å². The summed E-state index contributed by atoms with van der Waals surface area (Å²) >= 11 is 6.38. The first-order valence-electron chi connectivity index (χ1n) is 8.62. The molecule has 1 aromatic carbocycles. The molecule has 1 fully saturated rings. The molecule has 1 aliphatic rings. The van der Waals surface area contributed by atoms with Crippen molar-refractivity contribution in [2.24, 2.45) is 5.41 Å². The molecule has 2 aromatic rings. The number of rotatable bonds is 5. The van der Waals surface area contributed by atoms with E-state index in [0.29, 0.717) is 43.0 Å². The maximum atomic E-state index is 13.8. The zero-order chi connectivity index (χ0) is 19.7. The lowest BCUT2D eigenvalue weighted by Gasteiger charge is -2.37. The zero-order valence-electron chi connectivity index (χ0n) is 15.2. The van der Waals surface area contributed by atoms with E-state index in [1.807, 2.05) is 6.92 Å². The summed E-state index contributed by atoms with van der Waals surface area (Å²) < 4.78 is 27.6. The van der Waals surface area contributed by atoms with Crippen molar-refractivity contribution >= 4 is 42.2 Å². The summed E-state index contributed by atoms with van der Waals surface area (Å²) in [6, 6.07) is 6.63. The van der Waals surface area contributed by atoms with Crippen molar-refractivity contribution in [2.45, 2.75) is 26.2 Å². The number of hydrogen-bond donors (Lipinski definition) is 1. The molecular formula is C18H22FN3O2S3. The molecule has 5 nitrogen and oxygen atoms in total. The van der Waals surface area contributed by atoms with Crippen molar-refractivity contribution in [3.05, 3.63) is 46.7 Å². The van der Waals surface area contributed by atoms with Gasteiger partial charge in [0.25, 0.3) is 0 Å². The van der Waals surface area contributed by atoms with E-state index in [9.17, 15) is 13.4 Å². The fourth-order valence-corrected chi connectivity index (χ4v) is 5.19. The van der Waals surface area contributed by atoms with Crippen LogP contribution in [-0.4, -0.2) is 38.8 Å². The fourth-order valence-electron chi connectivity index (χ4n) is 3.06. The van der Waals surface area contributed by atoms with E-state index < -0.39 is 14.1 Å². The van der Waals surface area contributed by atoms with Gasteiger partial charge in [-0.2, -0.15) is 0 Å². The first-order chi connectivity index (χ1) is 12.7. The first-order valence-corrected chi connectivity index (χ1v) is 12.3. The summed E-state index contributed by atoms with van der Waals surface area (Å²) in [5, 5.41) is 3.40. The molecule has 0 aliphatic carbocycles. The Hall–Kier alpha value is -1.42. The Morgan fingerprint density at radius 3 is 2.70 bits per heavy atom.